The normalized spacial score (nSPS) is 19.3. The van der Waals surface area contributed by atoms with Gasteiger partial charge >= 0.3 is 0 Å². The van der Waals surface area contributed by atoms with Gasteiger partial charge in [0.25, 0.3) is 0 Å². The predicted octanol–water partition coefficient (Wildman–Crippen LogP) is 8.68. The van der Waals surface area contributed by atoms with Crippen molar-refractivity contribution in [3.05, 3.63) is 23.8 Å². The Kier molecular flexibility index (Phi) is 12.3. The third-order valence-electron chi connectivity index (χ3n) is 6.46. The maximum absolute atomic E-state index is 6.12. The van der Waals surface area contributed by atoms with Crippen LogP contribution in [0.15, 0.2) is 18.2 Å². The highest BCUT2D eigenvalue weighted by Gasteiger charge is 2.25. The van der Waals surface area contributed by atoms with E-state index in [0.29, 0.717) is 5.92 Å². The van der Waals surface area contributed by atoms with Crippen molar-refractivity contribution in [1.29, 1.82) is 0 Å². The Bertz CT molecular complexity index is 531. The molecule has 1 aliphatic carbocycles. The molecule has 0 radical (unpaired) electrons. The van der Waals surface area contributed by atoms with Gasteiger partial charge in [-0.2, -0.15) is 0 Å². The van der Waals surface area contributed by atoms with Crippen LogP contribution in [0.4, 0.5) is 0 Å². The number of ether oxygens (including phenoxy) is 2. The topological polar surface area (TPSA) is 18.5 Å². The zero-order valence-corrected chi connectivity index (χ0v) is 19.5. The molecule has 0 amide bonds. The van der Waals surface area contributed by atoms with Crippen molar-refractivity contribution in [2.75, 3.05) is 13.2 Å². The second-order valence-corrected chi connectivity index (χ2v) is 9.02. The lowest BCUT2D eigenvalue weighted by atomic mass is 9.76. The summed E-state index contributed by atoms with van der Waals surface area (Å²) in [6.07, 6.45) is 18.4. The Balaban J connectivity index is 1.91. The first-order valence-corrected chi connectivity index (χ1v) is 12.7. The molecule has 0 saturated heterocycles. The second kappa shape index (κ2) is 14.7. The van der Waals surface area contributed by atoms with Gasteiger partial charge in [-0.1, -0.05) is 72.1 Å². The van der Waals surface area contributed by atoms with Gasteiger partial charge in [0.05, 0.1) is 13.2 Å². The van der Waals surface area contributed by atoms with E-state index in [4.69, 9.17) is 9.47 Å². The molecule has 1 aromatic rings. The van der Waals surface area contributed by atoms with Gasteiger partial charge in [-0.25, -0.2) is 0 Å². The number of rotatable bonds is 15. The largest absolute Gasteiger partial charge is 0.494 e. The van der Waals surface area contributed by atoms with Crippen LogP contribution in [0, 0.1) is 5.92 Å². The van der Waals surface area contributed by atoms with Crippen LogP contribution in [-0.2, 0) is 0 Å². The molecule has 2 nitrogen and oxygen atoms in total. The van der Waals surface area contributed by atoms with Crippen molar-refractivity contribution in [2.24, 2.45) is 5.92 Å². The molecule has 0 aromatic heterocycles. The van der Waals surface area contributed by atoms with Crippen LogP contribution in [0.25, 0.3) is 0 Å². The Morgan fingerprint density at radius 1 is 0.724 bits per heavy atom. The van der Waals surface area contributed by atoms with Gasteiger partial charge in [0.2, 0.25) is 0 Å². The summed E-state index contributed by atoms with van der Waals surface area (Å²) in [6.45, 7) is 8.38. The molecule has 1 fully saturated rings. The number of hydrogen-bond acceptors (Lipinski definition) is 2. The van der Waals surface area contributed by atoms with E-state index in [2.05, 4.69) is 39.0 Å². The van der Waals surface area contributed by atoms with Crippen LogP contribution in [0.5, 0.6) is 11.5 Å². The maximum atomic E-state index is 6.12. The van der Waals surface area contributed by atoms with Crippen molar-refractivity contribution in [3.8, 4) is 11.5 Å². The van der Waals surface area contributed by atoms with E-state index in [1.54, 1.807) is 0 Å². The smallest absolute Gasteiger partial charge is 0.123 e. The lowest BCUT2D eigenvalue weighted by Crippen LogP contribution is -2.14. The first kappa shape index (κ1) is 24.1. The minimum atomic E-state index is 0.636. The lowest BCUT2D eigenvalue weighted by Gasteiger charge is -2.30. The highest BCUT2D eigenvalue weighted by molar-refractivity contribution is 5.42. The molecule has 29 heavy (non-hydrogen) atoms. The van der Waals surface area contributed by atoms with Gasteiger partial charge in [0.15, 0.2) is 0 Å². The first-order chi connectivity index (χ1) is 14.3. The SMILES string of the molecule is CCCCCCCOc1ccc(OCCC)c(C2CCC(CCCCC)CC2)c1. The third kappa shape index (κ3) is 9.01. The average molecular weight is 403 g/mol. The van der Waals surface area contributed by atoms with E-state index in [-0.39, 0.29) is 0 Å². The molecular weight excluding hydrogens is 356 g/mol. The van der Waals surface area contributed by atoms with Crippen LogP contribution >= 0.6 is 0 Å². The van der Waals surface area contributed by atoms with E-state index in [0.717, 1.165) is 43.5 Å². The third-order valence-corrected chi connectivity index (χ3v) is 6.46. The van der Waals surface area contributed by atoms with E-state index in [9.17, 15) is 0 Å². The highest BCUT2D eigenvalue weighted by Crippen LogP contribution is 2.42. The zero-order valence-electron chi connectivity index (χ0n) is 19.5. The standard InChI is InChI=1S/C27H46O2/c1-4-7-9-10-12-21-28-25-18-19-27(29-20-6-3)26(22-25)24-16-14-23(15-17-24)13-11-8-5-2/h18-19,22-24H,4-17,20-21H2,1-3H3. The molecule has 2 rings (SSSR count). The molecule has 0 unspecified atom stereocenters. The molecule has 0 aliphatic heterocycles. The molecule has 0 bridgehead atoms. The molecule has 1 aromatic carbocycles. The fourth-order valence-electron chi connectivity index (χ4n) is 4.62. The summed E-state index contributed by atoms with van der Waals surface area (Å²) < 4.78 is 12.2. The molecule has 0 N–H and O–H groups in total. The van der Waals surface area contributed by atoms with Crippen LogP contribution in [-0.4, -0.2) is 13.2 Å². The second-order valence-electron chi connectivity index (χ2n) is 9.02. The summed E-state index contributed by atoms with van der Waals surface area (Å²) in [5.74, 6) is 3.71. The van der Waals surface area contributed by atoms with E-state index in [1.165, 1.54) is 82.6 Å². The fourth-order valence-corrected chi connectivity index (χ4v) is 4.62. The summed E-state index contributed by atoms with van der Waals surface area (Å²) in [6, 6.07) is 6.56. The molecule has 2 heteroatoms. The van der Waals surface area contributed by atoms with Gasteiger partial charge in [-0.3, -0.25) is 0 Å². The van der Waals surface area contributed by atoms with Crippen molar-refractivity contribution < 1.29 is 9.47 Å². The van der Waals surface area contributed by atoms with Crippen molar-refractivity contribution in [1.82, 2.24) is 0 Å². The maximum Gasteiger partial charge on any atom is 0.123 e. The van der Waals surface area contributed by atoms with Gasteiger partial charge in [0, 0.05) is 5.56 Å². The Morgan fingerprint density at radius 3 is 2.17 bits per heavy atom. The van der Waals surface area contributed by atoms with Crippen LogP contribution in [0.3, 0.4) is 0 Å². The number of unbranched alkanes of at least 4 members (excludes halogenated alkanes) is 6. The molecular formula is C27H46O2. The van der Waals surface area contributed by atoms with Gasteiger partial charge in [-0.15, -0.1) is 0 Å². The van der Waals surface area contributed by atoms with Crippen LogP contribution in [0.1, 0.15) is 122 Å². The minimum Gasteiger partial charge on any atom is -0.494 e. The highest BCUT2D eigenvalue weighted by atomic mass is 16.5. The summed E-state index contributed by atoms with van der Waals surface area (Å²) >= 11 is 0. The molecule has 1 saturated carbocycles. The number of hydrogen-bond donors (Lipinski definition) is 0. The first-order valence-electron chi connectivity index (χ1n) is 12.7. The lowest BCUT2D eigenvalue weighted by molar-refractivity contribution is 0.280. The quantitative estimate of drug-likeness (QED) is 0.273. The number of benzene rings is 1. The summed E-state index contributed by atoms with van der Waals surface area (Å²) in [4.78, 5) is 0. The molecule has 0 atom stereocenters. The Morgan fingerprint density at radius 2 is 1.45 bits per heavy atom. The van der Waals surface area contributed by atoms with Gasteiger partial charge < -0.3 is 9.47 Å². The summed E-state index contributed by atoms with van der Waals surface area (Å²) in [7, 11) is 0. The Hall–Kier alpha value is -1.18. The zero-order chi connectivity index (χ0) is 20.7. The van der Waals surface area contributed by atoms with Crippen molar-refractivity contribution in [2.45, 2.75) is 117 Å². The molecule has 0 heterocycles. The van der Waals surface area contributed by atoms with Crippen molar-refractivity contribution >= 4 is 0 Å². The van der Waals surface area contributed by atoms with Crippen LogP contribution in [0.2, 0.25) is 0 Å². The van der Waals surface area contributed by atoms with E-state index >= 15 is 0 Å². The average Bonchev–Trinajstić information content (AvgIpc) is 2.76. The Labute approximate surface area is 180 Å². The van der Waals surface area contributed by atoms with Crippen LogP contribution < -0.4 is 9.47 Å². The minimum absolute atomic E-state index is 0.636. The van der Waals surface area contributed by atoms with E-state index < -0.39 is 0 Å². The van der Waals surface area contributed by atoms with Gasteiger partial charge in [0.1, 0.15) is 11.5 Å². The molecule has 1 aliphatic rings. The summed E-state index contributed by atoms with van der Waals surface area (Å²) in [5, 5.41) is 0. The van der Waals surface area contributed by atoms with Crippen molar-refractivity contribution in [3.63, 3.8) is 0 Å². The summed E-state index contributed by atoms with van der Waals surface area (Å²) in [5.41, 5.74) is 1.40. The monoisotopic (exact) mass is 402 g/mol. The predicted molar refractivity (Wildman–Crippen MR) is 125 cm³/mol. The van der Waals surface area contributed by atoms with Gasteiger partial charge in [-0.05, 0) is 68.6 Å². The van der Waals surface area contributed by atoms with E-state index in [1.807, 2.05) is 0 Å². The molecule has 166 valence electrons. The fraction of sp³-hybridized carbons (Fsp3) is 0.778. The molecule has 0 spiro atoms.